The van der Waals surface area contributed by atoms with Gasteiger partial charge in [-0.2, -0.15) is 5.10 Å². The van der Waals surface area contributed by atoms with Gasteiger partial charge in [0.2, 0.25) is 0 Å². The number of aryl methyl sites for hydroxylation is 1. The Balaban J connectivity index is 2.03. The summed E-state index contributed by atoms with van der Waals surface area (Å²) in [4.78, 5) is 12.1. The third kappa shape index (κ3) is 4.03. The Bertz CT molecular complexity index is 679. The van der Waals surface area contributed by atoms with Crippen molar-refractivity contribution in [1.82, 2.24) is 9.78 Å². The number of carbonyl (C=O) groups is 1. The van der Waals surface area contributed by atoms with Crippen LogP contribution in [0.1, 0.15) is 35.0 Å². The molecule has 1 heterocycles. The summed E-state index contributed by atoms with van der Waals surface area (Å²) in [6, 6.07) is 5.50. The Morgan fingerprint density at radius 3 is 2.70 bits per heavy atom. The van der Waals surface area contributed by atoms with E-state index in [0.717, 1.165) is 17.7 Å². The fourth-order valence-electron chi connectivity index (χ4n) is 2.06. The van der Waals surface area contributed by atoms with Gasteiger partial charge in [0, 0.05) is 12.7 Å². The summed E-state index contributed by atoms with van der Waals surface area (Å²) < 4.78 is 17.9. The molecule has 23 heavy (non-hydrogen) atoms. The Morgan fingerprint density at radius 2 is 2.09 bits per heavy atom. The lowest BCUT2D eigenvalue weighted by Crippen LogP contribution is -2.07. The summed E-state index contributed by atoms with van der Waals surface area (Å²) >= 11 is 0. The van der Waals surface area contributed by atoms with Gasteiger partial charge in [-0.05, 0) is 31.0 Å². The molecular formula is C17H22N2O4. The quantitative estimate of drug-likeness (QED) is 0.735. The highest BCUT2D eigenvalue weighted by Gasteiger charge is 2.15. The number of methoxy groups -OCH3 is 1. The lowest BCUT2D eigenvalue weighted by atomic mass is 10.2. The van der Waals surface area contributed by atoms with Crippen molar-refractivity contribution in [2.45, 2.75) is 26.9 Å². The van der Waals surface area contributed by atoms with Crippen LogP contribution < -0.4 is 9.47 Å². The minimum atomic E-state index is -0.388. The molecule has 0 fully saturated rings. The molecule has 0 saturated heterocycles. The van der Waals surface area contributed by atoms with Gasteiger partial charge >= 0.3 is 5.97 Å². The van der Waals surface area contributed by atoms with Gasteiger partial charge in [0.05, 0.1) is 19.9 Å². The van der Waals surface area contributed by atoms with E-state index in [9.17, 15) is 4.79 Å². The maximum atomic E-state index is 12.1. The van der Waals surface area contributed by atoms with Gasteiger partial charge in [-0.15, -0.1) is 0 Å². The van der Waals surface area contributed by atoms with Crippen LogP contribution in [0, 0.1) is 6.92 Å². The number of hydrogen-bond donors (Lipinski definition) is 0. The van der Waals surface area contributed by atoms with E-state index in [1.165, 1.54) is 6.20 Å². The largest absolute Gasteiger partial charge is 0.493 e. The van der Waals surface area contributed by atoms with Crippen molar-refractivity contribution in [2.24, 2.45) is 7.05 Å². The van der Waals surface area contributed by atoms with Crippen molar-refractivity contribution in [3.8, 4) is 11.5 Å². The van der Waals surface area contributed by atoms with Crippen LogP contribution in [0.2, 0.25) is 0 Å². The second kappa shape index (κ2) is 7.67. The number of rotatable bonds is 7. The van der Waals surface area contributed by atoms with Crippen LogP contribution in [0.25, 0.3) is 0 Å². The highest BCUT2D eigenvalue weighted by Crippen LogP contribution is 2.28. The highest BCUT2D eigenvalue weighted by molar-refractivity contribution is 5.90. The van der Waals surface area contributed by atoms with E-state index < -0.39 is 0 Å². The first kappa shape index (κ1) is 16.9. The molecule has 1 aromatic carbocycles. The van der Waals surface area contributed by atoms with Gasteiger partial charge in [-0.25, -0.2) is 4.79 Å². The SMILES string of the molecule is CCCOc1ccc(COC(=O)c2cnn(C)c2C)cc1OC. The predicted octanol–water partition coefficient (Wildman–Crippen LogP) is 2.88. The number of hydrogen-bond acceptors (Lipinski definition) is 5. The second-order valence-corrected chi connectivity index (χ2v) is 5.18. The van der Waals surface area contributed by atoms with E-state index in [1.54, 1.807) is 18.8 Å². The normalized spacial score (nSPS) is 10.4. The zero-order chi connectivity index (χ0) is 16.8. The Hall–Kier alpha value is -2.50. The van der Waals surface area contributed by atoms with Gasteiger partial charge in [0.1, 0.15) is 12.2 Å². The summed E-state index contributed by atoms with van der Waals surface area (Å²) in [5.41, 5.74) is 2.08. The molecule has 0 bridgehead atoms. The Morgan fingerprint density at radius 1 is 1.30 bits per heavy atom. The average Bonchev–Trinajstić information content (AvgIpc) is 2.90. The van der Waals surface area contributed by atoms with Gasteiger partial charge in [0.15, 0.2) is 11.5 Å². The van der Waals surface area contributed by atoms with Crippen molar-refractivity contribution in [2.75, 3.05) is 13.7 Å². The molecule has 0 unspecified atom stereocenters. The minimum absolute atomic E-state index is 0.164. The van der Waals surface area contributed by atoms with E-state index in [4.69, 9.17) is 14.2 Å². The van der Waals surface area contributed by atoms with Gasteiger partial charge in [-0.3, -0.25) is 4.68 Å². The van der Waals surface area contributed by atoms with Crippen LogP contribution >= 0.6 is 0 Å². The van der Waals surface area contributed by atoms with Crippen LogP contribution in [0.15, 0.2) is 24.4 Å². The van der Waals surface area contributed by atoms with Crippen LogP contribution in [0.4, 0.5) is 0 Å². The number of ether oxygens (including phenoxy) is 3. The van der Waals surface area contributed by atoms with Crippen molar-refractivity contribution in [3.05, 3.63) is 41.2 Å². The third-order valence-corrected chi connectivity index (χ3v) is 3.51. The van der Waals surface area contributed by atoms with Crippen LogP contribution in [-0.2, 0) is 18.4 Å². The van der Waals surface area contributed by atoms with E-state index in [-0.39, 0.29) is 12.6 Å². The number of esters is 1. The molecule has 6 heteroatoms. The molecule has 0 amide bonds. The van der Waals surface area contributed by atoms with Crippen LogP contribution in [-0.4, -0.2) is 29.5 Å². The molecule has 2 rings (SSSR count). The monoisotopic (exact) mass is 318 g/mol. The van der Waals surface area contributed by atoms with Crippen LogP contribution in [0.5, 0.6) is 11.5 Å². The number of carbonyl (C=O) groups excluding carboxylic acids is 1. The Labute approximate surface area is 136 Å². The first-order valence-electron chi connectivity index (χ1n) is 7.52. The smallest absolute Gasteiger partial charge is 0.341 e. The fraction of sp³-hybridized carbons (Fsp3) is 0.412. The molecule has 0 spiro atoms. The van der Waals surface area contributed by atoms with Crippen molar-refractivity contribution >= 4 is 5.97 Å². The van der Waals surface area contributed by atoms with Crippen LogP contribution in [0.3, 0.4) is 0 Å². The molecule has 1 aromatic heterocycles. The third-order valence-electron chi connectivity index (χ3n) is 3.51. The molecular weight excluding hydrogens is 296 g/mol. The summed E-state index contributed by atoms with van der Waals surface area (Å²) in [5.74, 6) is 0.929. The van der Waals surface area contributed by atoms with Gasteiger partial charge in [-0.1, -0.05) is 13.0 Å². The molecule has 2 aromatic rings. The fourth-order valence-corrected chi connectivity index (χ4v) is 2.06. The lowest BCUT2D eigenvalue weighted by Gasteiger charge is -2.12. The van der Waals surface area contributed by atoms with E-state index in [2.05, 4.69) is 5.10 Å². The van der Waals surface area contributed by atoms with Crippen molar-refractivity contribution in [1.29, 1.82) is 0 Å². The zero-order valence-corrected chi connectivity index (χ0v) is 14.0. The molecule has 0 radical (unpaired) electrons. The van der Waals surface area contributed by atoms with Crippen molar-refractivity contribution in [3.63, 3.8) is 0 Å². The number of benzene rings is 1. The number of nitrogens with zero attached hydrogens (tertiary/aromatic N) is 2. The average molecular weight is 318 g/mol. The minimum Gasteiger partial charge on any atom is -0.493 e. The molecule has 0 N–H and O–H groups in total. The molecule has 0 atom stereocenters. The predicted molar refractivity (Wildman–Crippen MR) is 85.8 cm³/mol. The van der Waals surface area contributed by atoms with Gasteiger partial charge < -0.3 is 14.2 Å². The molecule has 0 aliphatic heterocycles. The molecule has 0 aliphatic rings. The first-order chi connectivity index (χ1) is 11.1. The lowest BCUT2D eigenvalue weighted by molar-refractivity contribution is 0.0471. The summed E-state index contributed by atoms with van der Waals surface area (Å²) in [6.07, 6.45) is 2.44. The van der Waals surface area contributed by atoms with E-state index in [1.807, 2.05) is 32.0 Å². The maximum Gasteiger partial charge on any atom is 0.341 e. The zero-order valence-electron chi connectivity index (χ0n) is 14.0. The summed E-state index contributed by atoms with van der Waals surface area (Å²) in [5, 5.41) is 4.04. The topological polar surface area (TPSA) is 62.6 Å². The first-order valence-corrected chi connectivity index (χ1v) is 7.52. The summed E-state index contributed by atoms with van der Waals surface area (Å²) in [6.45, 7) is 4.66. The molecule has 124 valence electrons. The van der Waals surface area contributed by atoms with E-state index in [0.29, 0.717) is 23.7 Å². The van der Waals surface area contributed by atoms with Gasteiger partial charge in [0.25, 0.3) is 0 Å². The molecule has 0 saturated carbocycles. The highest BCUT2D eigenvalue weighted by atomic mass is 16.5. The standard InChI is InChI=1S/C17H22N2O4/c1-5-8-22-15-7-6-13(9-16(15)21-4)11-23-17(20)14-10-18-19(3)12(14)2/h6-7,9-10H,5,8,11H2,1-4H3. The second-order valence-electron chi connectivity index (χ2n) is 5.18. The maximum absolute atomic E-state index is 12.1. The number of aromatic nitrogens is 2. The summed E-state index contributed by atoms with van der Waals surface area (Å²) in [7, 11) is 3.37. The Kier molecular flexibility index (Phi) is 5.62. The van der Waals surface area contributed by atoms with E-state index >= 15 is 0 Å². The van der Waals surface area contributed by atoms with Crippen molar-refractivity contribution < 1.29 is 19.0 Å². The molecule has 0 aliphatic carbocycles. The molecule has 6 nitrogen and oxygen atoms in total.